The molecule has 0 saturated heterocycles. The first-order valence-electron chi connectivity index (χ1n) is 12.4. The fourth-order valence-electron chi connectivity index (χ4n) is 2.30. The highest BCUT2D eigenvalue weighted by Crippen LogP contribution is 2.23. The summed E-state index contributed by atoms with van der Waals surface area (Å²) in [5, 5.41) is 16.7. The van der Waals surface area contributed by atoms with Crippen LogP contribution >= 0.6 is 21.6 Å². The maximum atomic E-state index is 10.5. The first kappa shape index (κ1) is 43.7. The molecule has 0 fully saturated rings. The molecular weight excluding hydrogens is 613 g/mol. The van der Waals surface area contributed by atoms with E-state index in [1.807, 2.05) is 0 Å². The molecule has 0 heterocycles. The van der Waals surface area contributed by atoms with Gasteiger partial charge in [0.1, 0.15) is 12.1 Å². The molecule has 0 radical (unpaired) electrons. The van der Waals surface area contributed by atoms with Gasteiger partial charge in [0.25, 0.3) is 20.2 Å². The Bertz CT molecular complexity index is 798. The molecule has 0 aromatic carbocycles. The number of rotatable bonds is 21. The molecular formula is C20H48N6O10S4. The van der Waals surface area contributed by atoms with E-state index >= 15 is 0 Å². The minimum atomic E-state index is -3.98. The number of carbonyl (C=O) groups is 2. The Labute approximate surface area is 245 Å². The molecule has 0 rings (SSSR count). The van der Waals surface area contributed by atoms with Gasteiger partial charge in [0.15, 0.2) is 0 Å². The summed E-state index contributed by atoms with van der Waals surface area (Å²) in [7, 11) is -5.17. The Balaban J connectivity index is -0.000000573. The molecule has 0 bridgehead atoms. The molecule has 0 saturated carbocycles. The van der Waals surface area contributed by atoms with Gasteiger partial charge in [-0.3, -0.25) is 18.7 Å². The van der Waals surface area contributed by atoms with Crippen molar-refractivity contribution in [2.75, 3.05) is 36.1 Å². The van der Waals surface area contributed by atoms with Crippen LogP contribution in [-0.2, 0) is 29.8 Å². The Morgan fingerprint density at radius 2 is 0.900 bits per heavy atom. The number of nitrogens with two attached hydrogens (primary N) is 6. The van der Waals surface area contributed by atoms with Crippen molar-refractivity contribution in [2.45, 2.75) is 75.5 Å². The molecule has 40 heavy (non-hydrogen) atoms. The predicted molar refractivity (Wildman–Crippen MR) is 160 cm³/mol. The van der Waals surface area contributed by atoms with Crippen molar-refractivity contribution in [2.24, 2.45) is 34.4 Å². The van der Waals surface area contributed by atoms with Crippen LogP contribution in [-0.4, -0.2) is 108 Å². The lowest BCUT2D eigenvalue weighted by molar-refractivity contribution is -0.139. The second kappa shape index (κ2) is 25.9. The second-order valence-corrected chi connectivity index (χ2v) is 14.4. The highest BCUT2D eigenvalue weighted by molar-refractivity contribution is 8.76. The van der Waals surface area contributed by atoms with Crippen LogP contribution in [0.5, 0.6) is 0 Å². The molecule has 0 aliphatic heterocycles. The van der Waals surface area contributed by atoms with Gasteiger partial charge in [-0.05, 0) is 51.6 Å². The number of carboxylic acids is 2. The lowest BCUT2D eigenvalue weighted by Crippen LogP contribution is -2.29. The van der Waals surface area contributed by atoms with E-state index in [-0.39, 0.29) is 36.4 Å². The molecule has 0 aliphatic rings. The van der Waals surface area contributed by atoms with Crippen LogP contribution in [0.2, 0.25) is 0 Å². The summed E-state index contributed by atoms with van der Waals surface area (Å²) >= 11 is 0. The van der Waals surface area contributed by atoms with E-state index in [9.17, 15) is 26.4 Å². The first-order chi connectivity index (χ1) is 18.4. The fourth-order valence-corrected chi connectivity index (χ4v) is 6.01. The second-order valence-electron chi connectivity index (χ2n) is 8.70. The summed E-state index contributed by atoms with van der Waals surface area (Å²) < 4.78 is 59.1. The summed E-state index contributed by atoms with van der Waals surface area (Å²) in [6, 6.07) is -2.15. The summed E-state index contributed by atoms with van der Waals surface area (Å²) in [6.07, 6.45) is 4.66. The Morgan fingerprint density at radius 3 is 1.12 bits per heavy atom. The first-order valence-corrected chi connectivity index (χ1v) is 18.1. The lowest BCUT2D eigenvalue weighted by Gasteiger charge is -2.12. The van der Waals surface area contributed by atoms with Crippen molar-refractivity contribution >= 4 is 53.8 Å². The Kier molecular flexibility index (Phi) is 28.3. The van der Waals surface area contributed by atoms with Gasteiger partial charge in [-0.1, -0.05) is 34.4 Å². The van der Waals surface area contributed by atoms with Crippen LogP contribution in [0.15, 0.2) is 0 Å². The minimum Gasteiger partial charge on any atom is -0.480 e. The average Bonchev–Trinajstić information content (AvgIpc) is 2.84. The van der Waals surface area contributed by atoms with Gasteiger partial charge in [0, 0.05) is 23.6 Å². The van der Waals surface area contributed by atoms with Crippen molar-refractivity contribution in [3.05, 3.63) is 0 Å². The van der Waals surface area contributed by atoms with E-state index in [0.717, 1.165) is 25.7 Å². The Morgan fingerprint density at radius 1 is 0.600 bits per heavy atom. The summed E-state index contributed by atoms with van der Waals surface area (Å²) in [6.45, 7) is 1.21. The smallest absolute Gasteiger partial charge is 0.320 e. The zero-order valence-electron chi connectivity index (χ0n) is 22.5. The maximum absolute atomic E-state index is 10.5. The van der Waals surface area contributed by atoms with Gasteiger partial charge >= 0.3 is 11.9 Å². The highest BCUT2D eigenvalue weighted by atomic mass is 33.1. The third-order valence-electron chi connectivity index (χ3n) is 4.71. The maximum Gasteiger partial charge on any atom is 0.320 e. The lowest BCUT2D eigenvalue weighted by atomic mass is 10.1. The fraction of sp³-hybridized carbons (Fsp3) is 0.900. The molecule has 242 valence electrons. The van der Waals surface area contributed by atoms with Crippen LogP contribution in [0, 0.1) is 0 Å². The molecule has 20 heteroatoms. The van der Waals surface area contributed by atoms with E-state index in [0.29, 0.717) is 37.4 Å². The molecule has 16 nitrogen and oxygen atoms in total. The van der Waals surface area contributed by atoms with E-state index < -0.39 is 44.3 Å². The SMILES string of the molecule is NCCCC[C@H](N)C(=O)O.NCCCC[C@H](N)C(=O)O.N[C@@H](CCS(=O)(=O)O)CSSC[C@@H](N)CCS(=O)(=O)O. The largest absolute Gasteiger partial charge is 0.480 e. The van der Waals surface area contributed by atoms with E-state index in [2.05, 4.69) is 0 Å². The zero-order chi connectivity index (χ0) is 31.8. The van der Waals surface area contributed by atoms with Crippen molar-refractivity contribution in [3.63, 3.8) is 0 Å². The monoisotopic (exact) mass is 660 g/mol. The molecule has 4 atom stereocenters. The van der Waals surface area contributed by atoms with Crippen LogP contribution < -0.4 is 34.4 Å². The van der Waals surface area contributed by atoms with Crippen LogP contribution in [0.25, 0.3) is 0 Å². The summed E-state index contributed by atoms with van der Waals surface area (Å²) in [5.74, 6) is -1.62. The summed E-state index contributed by atoms with van der Waals surface area (Å²) in [4.78, 5) is 20.3. The quantitative estimate of drug-likeness (QED) is 0.0385. The number of hydrogen-bond donors (Lipinski definition) is 10. The van der Waals surface area contributed by atoms with E-state index in [1.165, 1.54) is 21.6 Å². The van der Waals surface area contributed by atoms with Gasteiger partial charge in [-0.2, -0.15) is 16.8 Å². The molecule has 0 aliphatic carbocycles. The van der Waals surface area contributed by atoms with E-state index in [4.69, 9.17) is 53.7 Å². The molecule has 0 spiro atoms. The number of carboxylic acid groups (broad SMARTS) is 2. The topological polar surface area (TPSA) is 339 Å². The molecule has 0 aromatic heterocycles. The van der Waals surface area contributed by atoms with Crippen molar-refractivity contribution in [1.29, 1.82) is 0 Å². The number of aliphatic carboxylic acids is 2. The van der Waals surface area contributed by atoms with Crippen LogP contribution in [0.3, 0.4) is 0 Å². The normalized spacial score (nSPS) is 14.5. The van der Waals surface area contributed by atoms with Crippen molar-refractivity contribution in [3.8, 4) is 0 Å². The van der Waals surface area contributed by atoms with Crippen molar-refractivity contribution < 1.29 is 45.7 Å². The minimum absolute atomic E-state index is 0.168. The van der Waals surface area contributed by atoms with E-state index in [1.54, 1.807) is 0 Å². The molecule has 0 amide bonds. The third kappa shape index (κ3) is 37.2. The average molecular weight is 661 g/mol. The van der Waals surface area contributed by atoms with Crippen LogP contribution in [0.4, 0.5) is 0 Å². The van der Waals surface area contributed by atoms with Gasteiger partial charge in [0.05, 0.1) is 11.5 Å². The van der Waals surface area contributed by atoms with Gasteiger partial charge < -0.3 is 44.6 Å². The standard InChI is InChI=1S/C8H20N2O6S4.2C6H14N2O2/c9-7(1-3-19(11,12)13)5-17-18-6-8(10)2-4-20(14,15)16;2*7-4-2-1-3-5(8)6(9)10/h7-8H,1-6,9-10H2,(H,11,12,13)(H,14,15,16);2*5H,1-4,7-8H2,(H,9,10)/t7-,8-;2*5-/m000/s1. The van der Waals surface area contributed by atoms with Gasteiger partial charge in [-0.15, -0.1) is 0 Å². The number of hydrogen-bond acceptors (Lipinski definition) is 14. The molecule has 16 N–H and O–H groups in total. The van der Waals surface area contributed by atoms with Crippen LogP contribution in [0.1, 0.15) is 51.4 Å². The molecule has 0 aromatic rings. The third-order valence-corrected chi connectivity index (χ3v) is 8.83. The Hall–Kier alpha value is -0.780. The molecule has 0 unspecified atom stereocenters. The number of unbranched alkanes of at least 4 members (excludes halogenated alkanes) is 2. The van der Waals surface area contributed by atoms with Gasteiger partial charge in [-0.25, -0.2) is 0 Å². The highest BCUT2D eigenvalue weighted by Gasteiger charge is 2.13. The predicted octanol–water partition coefficient (Wildman–Crippen LogP) is -1.37. The summed E-state index contributed by atoms with van der Waals surface area (Å²) in [5.41, 5.74) is 32.2. The van der Waals surface area contributed by atoms with Gasteiger partial charge in [0.2, 0.25) is 0 Å². The zero-order valence-corrected chi connectivity index (χ0v) is 25.8. The van der Waals surface area contributed by atoms with Crippen molar-refractivity contribution in [1.82, 2.24) is 0 Å².